The number of fused-ring (bicyclic) bond motifs is 1. The Labute approximate surface area is 219 Å². The van der Waals surface area contributed by atoms with Gasteiger partial charge in [0.15, 0.2) is 11.5 Å². The van der Waals surface area contributed by atoms with Gasteiger partial charge in [-0.25, -0.2) is 17.8 Å². The van der Waals surface area contributed by atoms with Crippen LogP contribution >= 0.6 is 0 Å². The SMILES string of the molecule is Cc1nccn1-c1ccccc1CNC(=O)CN(c1ccc(F)cc1)S(=O)(=O)c1ccc2c(c1)OCCO2. The van der Waals surface area contributed by atoms with Crippen molar-refractivity contribution in [3.05, 3.63) is 96.3 Å². The summed E-state index contributed by atoms with van der Waals surface area (Å²) in [7, 11) is -4.23. The minimum Gasteiger partial charge on any atom is -0.486 e. The summed E-state index contributed by atoms with van der Waals surface area (Å²) < 4.78 is 54.9. The minimum atomic E-state index is -4.23. The molecule has 4 aromatic rings. The number of amides is 1. The van der Waals surface area contributed by atoms with Gasteiger partial charge in [-0.1, -0.05) is 18.2 Å². The van der Waals surface area contributed by atoms with Gasteiger partial charge in [-0.15, -0.1) is 0 Å². The van der Waals surface area contributed by atoms with E-state index in [1.807, 2.05) is 42.0 Å². The Hall–Kier alpha value is -4.38. The number of hydrogen-bond acceptors (Lipinski definition) is 6. The van der Waals surface area contributed by atoms with E-state index in [1.54, 1.807) is 6.20 Å². The molecule has 0 atom stereocenters. The summed E-state index contributed by atoms with van der Waals surface area (Å²) in [5.41, 5.74) is 1.82. The molecule has 9 nitrogen and oxygen atoms in total. The zero-order chi connectivity index (χ0) is 26.7. The molecule has 1 aromatic heterocycles. The Balaban J connectivity index is 1.40. The molecule has 3 aromatic carbocycles. The van der Waals surface area contributed by atoms with Gasteiger partial charge in [0.1, 0.15) is 31.4 Å². The molecule has 38 heavy (non-hydrogen) atoms. The Morgan fingerprint density at radius 2 is 1.79 bits per heavy atom. The number of hydrogen-bond donors (Lipinski definition) is 1. The molecule has 0 bridgehead atoms. The third-order valence-corrected chi connectivity index (χ3v) is 7.83. The van der Waals surface area contributed by atoms with Crippen LogP contribution in [0.2, 0.25) is 0 Å². The van der Waals surface area contributed by atoms with Gasteiger partial charge < -0.3 is 19.4 Å². The van der Waals surface area contributed by atoms with Crippen molar-refractivity contribution < 1.29 is 27.1 Å². The second-order valence-electron chi connectivity index (χ2n) is 8.54. The molecule has 196 valence electrons. The zero-order valence-electron chi connectivity index (χ0n) is 20.5. The van der Waals surface area contributed by atoms with Crippen LogP contribution < -0.4 is 19.1 Å². The van der Waals surface area contributed by atoms with E-state index in [4.69, 9.17) is 9.47 Å². The van der Waals surface area contributed by atoms with Gasteiger partial charge in [0.25, 0.3) is 10.0 Å². The number of imidazole rings is 1. The number of ether oxygens (including phenoxy) is 2. The summed E-state index contributed by atoms with van der Waals surface area (Å²) in [6.07, 6.45) is 3.51. The highest BCUT2D eigenvalue weighted by atomic mass is 32.2. The number of carbonyl (C=O) groups excluding carboxylic acids is 1. The molecule has 1 N–H and O–H groups in total. The van der Waals surface area contributed by atoms with Crippen LogP contribution in [-0.4, -0.2) is 43.6 Å². The van der Waals surface area contributed by atoms with Crippen LogP contribution in [0.15, 0.2) is 84.0 Å². The lowest BCUT2D eigenvalue weighted by molar-refractivity contribution is -0.119. The van der Waals surface area contributed by atoms with Crippen LogP contribution in [0.4, 0.5) is 10.1 Å². The van der Waals surface area contributed by atoms with Crippen LogP contribution in [0.1, 0.15) is 11.4 Å². The quantitative estimate of drug-likeness (QED) is 0.369. The number of benzene rings is 3. The van der Waals surface area contributed by atoms with Gasteiger partial charge in [0, 0.05) is 25.0 Å². The first-order chi connectivity index (χ1) is 18.3. The molecule has 0 unspecified atom stereocenters. The maximum absolute atomic E-state index is 13.7. The molecule has 1 aliphatic rings. The maximum atomic E-state index is 13.7. The molecule has 0 radical (unpaired) electrons. The molecule has 1 aliphatic heterocycles. The van der Waals surface area contributed by atoms with Crippen LogP contribution in [0.5, 0.6) is 11.5 Å². The van der Waals surface area contributed by atoms with Crippen molar-refractivity contribution >= 4 is 21.6 Å². The summed E-state index contributed by atoms with van der Waals surface area (Å²) in [5.74, 6) is 0.464. The van der Waals surface area contributed by atoms with Crippen LogP contribution in [0, 0.1) is 12.7 Å². The van der Waals surface area contributed by atoms with Gasteiger partial charge >= 0.3 is 0 Å². The topological polar surface area (TPSA) is 103 Å². The summed E-state index contributed by atoms with van der Waals surface area (Å²) in [4.78, 5) is 17.3. The highest BCUT2D eigenvalue weighted by Crippen LogP contribution is 2.34. The predicted molar refractivity (Wildman–Crippen MR) is 139 cm³/mol. The highest BCUT2D eigenvalue weighted by molar-refractivity contribution is 7.92. The van der Waals surface area contributed by atoms with Crippen molar-refractivity contribution in [2.75, 3.05) is 24.1 Å². The number of anilines is 1. The first-order valence-electron chi connectivity index (χ1n) is 11.9. The van der Waals surface area contributed by atoms with E-state index in [2.05, 4.69) is 10.3 Å². The van der Waals surface area contributed by atoms with E-state index in [0.717, 1.165) is 33.5 Å². The number of halogens is 1. The van der Waals surface area contributed by atoms with E-state index in [0.29, 0.717) is 24.7 Å². The maximum Gasteiger partial charge on any atom is 0.264 e. The number of aryl methyl sites for hydroxylation is 1. The van der Waals surface area contributed by atoms with Crippen molar-refractivity contribution in [1.82, 2.24) is 14.9 Å². The predicted octanol–water partition coefficient (Wildman–Crippen LogP) is 3.60. The molecular formula is C27H25FN4O5S. The van der Waals surface area contributed by atoms with Crippen molar-refractivity contribution in [3.63, 3.8) is 0 Å². The average molecular weight is 537 g/mol. The van der Waals surface area contributed by atoms with Gasteiger partial charge in [0.05, 0.1) is 16.3 Å². The first-order valence-corrected chi connectivity index (χ1v) is 13.3. The van der Waals surface area contributed by atoms with Crippen LogP contribution in [-0.2, 0) is 21.4 Å². The van der Waals surface area contributed by atoms with Crippen LogP contribution in [0.3, 0.4) is 0 Å². The number of nitrogens with zero attached hydrogens (tertiary/aromatic N) is 3. The lowest BCUT2D eigenvalue weighted by Gasteiger charge is -2.25. The average Bonchev–Trinajstić information content (AvgIpc) is 3.36. The lowest BCUT2D eigenvalue weighted by atomic mass is 10.1. The van der Waals surface area contributed by atoms with Gasteiger partial charge in [-0.2, -0.15) is 0 Å². The Bertz CT molecular complexity index is 1570. The van der Waals surface area contributed by atoms with Crippen molar-refractivity contribution in [1.29, 1.82) is 0 Å². The van der Waals surface area contributed by atoms with E-state index in [-0.39, 0.29) is 17.1 Å². The summed E-state index contributed by atoms with van der Waals surface area (Å²) in [6.45, 7) is 2.17. The number of para-hydroxylation sites is 1. The molecule has 2 heterocycles. The molecule has 0 saturated carbocycles. The Morgan fingerprint density at radius 3 is 2.53 bits per heavy atom. The number of rotatable bonds is 8. The second kappa shape index (κ2) is 10.5. The van der Waals surface area contributed by atoms with Crippen molar-refractivity contribution in [2.45, 2.75) is 18.4 Å². The molecule has 0 spiro atoms. The van der Waals surface area contributed by atoms with Crippen molar-refractivity contribution in [3.8, 4) is 17.2 Å². The lowest BCUT2D eigenvalue weighted by Crippen LogP contribution is -2.40. The number of carbonyl (C=O) groups is 1. The van der Waals surface area contributed by atoms with E-state index < -0.39 is 28.3 Å². The normalized spacial score (nSPS) is 12.7. The summed E-state index contributed by atoms with van der Waals surface area (Å²) in [5, 5.41) is 2.81. The summed E-state index contributed by atoms with van der Waals surface area (Å²) in [6, 6.07) is 16.7. The molecule has 11 heteroatoms. The molecule has 1 amide bonds. The zero-order valence-corrected chi connectivity index (χ0v) is 21.3. The Morgan fingerprint density at radius 1 is 1.05 bits per heavy atom. The largest absolute Gasteiger partial charge is 0.486 e. The Kier molecular flexibility index (Phi) is 7.01. The van der Waals surface area contributed by atoms with Crippen LogP contribution in [0.25, 0.3) is 5.69 Å². The third kappa shape index (κ3) is 5.18. The fourth-order valence-corrected chi connectivity index (χ4v) is 5.58. The standard InChI is InChI=1S/C27H25FN4O5S/c1-19-29-12-13-31(19)24-5-3-2-4-20(24)17-30-27(33)18-32(22-8-6-21(28)7-9-22)38(34,35)23-10-11-25-26(16-23)37-15-14-36-25/h2-13,16H,14-15,17-18H2,1H3,(H,30,33). The number of aromatic nitrogens is 2. The molecule has 0 aliphatic carbocycles. The van der Waals surface area contributed by atoms with Crippen molar-refractivity contribution in [2.24, 2.45) is 0 Å². The first kappa shape index (κ1) is 25.3. The third-order valence-electron chi connectivity index (χ3n) is 6.06. The monoisotopic (exact) mass is 536 g/mol. The summed E-state index contributed by atoms with van der Waals surface area (Å²) >= 11 is 0. The van der Waals surface area contributed by atoms with Gasteiger partial charge in [-0.05, 0) is 55.0 Å². The van der Waals surface area contributed by atoms with E-state index in [9.17, 15) is 17.6 Å². The fourth-order valence-electron chi connectivity index (χ4n) is 4.14. The van der Waals surface area contributed by atoms with E-state index in [1.165, 1.54) is 30.3 Å². The van der Waals surface area contributed by atoms with E-state index >= 15 is 0 Å². The smallest absolute Gasteiger partial charge is 0.264 e. The number of nitrogens with one attached hydrogen (secondary N) is 1. The minimum absolute atomic E-state index is 0.0835. The second-order valence-corrected chi connectivity index (χ2v) is 10.4. The molecule has 0 fully saturated rings. The highest BCUT2D eigenvalue weighted by Gasteiger charge is 2.29. The fraction of sp³-hybridized carbons (Fsp3) is 0.185. The molecule has 5 rings (SSSR count). The number of sulfonamides is 1. The van der Waals surface area contributed by atoms with Gasteiger partial charge in [0.2, 0.25) is 5.91 Å². The van der Waals surface area contributed by atoms with Gasteiger partial charge in [-0.3, -0.25) is 9.10 Å². The molecule has 0 saturated heterocycles. The molecular weight excluding hydrogens is 511 g/mol.